The van der Waals surface area contributed by atoms with Gasteiger partial charge in [0.25, 0.3) is 0 Å². The smallest absolute Gasteiger partial charge is 0.325 e. The molecule has 0 aliphatic carbocycles. The monoisotopic (exact) mass is 839 g/mol. The van der Waals surface area contributed by atoms with E-state index >= 15 is 0 Å². The van der Waals surface area contributed by atoms with Crippen LogP contribution in [0, 0.1) is 0 Å². The van der Waals surface area contributed by atoms with Crippen molar-refractivity contribution in [3.8, 4) is 0 Å². The van der Waals surface area contributed by atoms with Crippen LogP contribution >= 0.6 is 0 Å². The molecule has 0 unspecified atom stereocenters. The van der Waals surface area contributed by atoms with Crippen LogP contribution in [0.4, 0.5) is 0 Å². The lowest BCUT2D eigenvalue weighted by atomic mass is 10.2. The molecule has 2 aromatic rings. The number of carbonyl (C=O) groups is 9. The molecular formula is C39H57N3O17. The van der Waals surface area contributed by atoms with Crippen LogP contribution < -0.4 is 16.0 Å². The minimum absolute atomic E-state index is 0.0282. The van der Waals surface area contributed by atoms with Gasteiger partial charge < -0.3 is 55.3 Å². The maximum absolute atomic E-state index is 11.5. The van der Waals surface area contributed by atoms with Gasteiger partial charge in [0.2, 0.25) is 17.7 Å². The molecule has 3 amide bonds. The molecule has 20 heteroatoms. The average molecular weight is 840 g/mol. The SMILES string of the molecule is CC(=O)NCC(=O)O.CC(=O)NCC(=O)OCCCC(=O)O.CC(=O)NCC(=O)OCCCC(=O)OCc1ccccc1.CO.O=C(CCCO)OCc1ccccc1. The number of aliphatic hydroxyl groups is 2. The van der Waals surface area contributed by atoms with Crippen molar-refractivity contribution in [2.45, 2.75) is 72.5 Å². The molecule has 0 bridgehead atoms. The molecule has 0 aliphatic heterocycles. The predicted octanol–water partition coefficient (Wildman–Crippen LogP) is 1.04. The van der Waals surface area contributed by atoms with E-state index in [-0.39, 0.29) is 101 Å². The van der Waals surface area contributed by atoms with E-state index in [0.717, 1.165) is 18.2 Å². The first-order chi connectivity index (χ1) is 28.0. The number of ether oxygens (including phenoxy) is 4. The van der Waals surface area contributed by atoms with E-state index < -0.39 is 23.9 Å². The fourth-order valence-corrected chi connectivity index (χ4v) is 3.35. The number of carboxylic acid groups (broad SMARTS) is 2. The minimum atomic E-state index is -1.03. The molecule has 330 valence electrons. The number of esters is 4. The Morgan fingerprint density at radius 1 is 0.475 bits per heavy atom. The molecular weight excluding hydrogens is 782 g/mol. The zero-order valence-corrected chi connectivity index (χ0v) is 33.8. The second-order valence-corrected chi connectivity index (χ2v) is 11.3. The Kier molecular flexibility index (Phi) is 38.4. The fraction of sp³-hybridized carbons (Fsp3) is 0.462. The third kappa shape index (κ3) is 45.9. The Morgan fingerprint density at radius 3 is 1.15 bits per heavy atom. The number of amides is 3. The van der Waals surface area contributed by atoms with Crippen molar-refractivity contribution in [3.05, 3.63) is 71.8 Å². The molecule has 2 rings (SSSR count). The van der Waals surface area contributed by atoms with Gasteiger partial charge in [-0.2, -0.15) is 0 Å². The maximum Gasteiger partial charge on any atom is 0.325 e. The zero-order chi connectivity index (χ0) is 45.3. The summed E-state index contributed by atoms with van der Waals surface area (Å²) in [5.41, 5.74) is 1.90. The number of carbonyl (C=O) groups excluding carboxylic acids is 7. The number of aliphatic hydroxyl groups excluding tert-OH is 2. The van der Waals surface area contributed by atoms with Gasteiger partial charge >= 0.3 is 35.8 Å². The van der Waals surface area contributed by atoms with Gasteiger partial charge in [-0.25, -0.2) is 0 Å². The third-order valence-corrected chi connectivity index (χ3v) is 6.06. The van der Waals surface area contributed by atoms with Crippen LogP contribution in [0.1, 0.15) is 70.4 Å². The van der Waals surface area contributed by atoms with E-state index in [1.54, 1.807) is 0 Å². The van der Waals surface area contributed by atoms with E-state index in [2.05, 4.69) is 20.7 Å². The molecule has 0 aromatic heterocycles. The molecule has 0 radical (unpaired) electrons. The summed E-state index contributed by atoms with van der Waals surface area (Å²) in [6, 6.07) is 18.9. The normalized spacial score (nSPS) is 9.19. The van der Waals surface area contributed by atoms with Crippen molar-refractivity contribution >= 4 is 53.5 Å². The number of hydrogen-bond donors (Lipinski definition) is 7. The molecule has 0 spiro atoms. The Hall–Kier alpha value is -6.41. The van der Waals surface area contributed by atoms with Gasteiger partial charge in [0.15, 0.2) is 0 Å². The molecule has 0 aliphatic rings. The summed E-state index contributed by atoms with van der Waals surface area (Å²) < 4.78 is 19.5. The summed E-state index contributed by atoms with van der Waals surface area (Å²) in [6.07, 6.45) is 1.56. The number of carboxylic acids is 2. The van der Waals surface area contributed by atoms with Crippen molar-refractivity contribution in [1.29, 1.82) is 0 Å². The van der Waals surface area contributed by atoms with E-state index in [1.165, 1.54) is 20.8 Å². The number of nitrogens with one attached hydrogen (secondary N) is 3. The summed E-state index contributed by atoms with van der Waals surface area (Å²) in [6.45, 7) is 4.00. The molecule has 0 heterocycles. The topological polar surface area (TPSA) is 308 Å². The van der Waals surface area contributed by atoms with Gasteiger partial charge in [-0.3, -0.25) is 43.2 Å². The van der Waals surface area contributed by atoms with Crippen molar-refractivity contribution in [1.82, 2.24) is 16.0 Å². The third-order valence-electron chi connectivity index (χ3n) is 6.06. The van der Waals surface area contributed by atoms with Crippen LogP contribution in [0.15, 0.2) is 60.7 Å². The van der Waals surface area contributed by atoms with Crippen LogP contribution in [0.2, 0.25) is 0 Å². The van der Waals surface area contributed by atoms with Crippen LogP contribution in [-0.4, -0.2) is 121 Å². The molecule has 2 aromatic carbocycles. The van der Waals surface area contributed by atoms with Crippen LogP contribution in [0.25, 0.3) is 0 Å². The molecule has 0 saturated carbocycles. The van der Waals surface area contributed by atoms with E-state index in [1.807, 2.05) is 60.7 Å². The number of hydrogen-bond acceptors (Lipinski definition) is 15. The summed E-state index contributed by atoms with van der Waals surface area (Å²) in [4.78, 5) is 95.1. The van der Waals surface area contributed by atoms with Crippen LogP contribution in [-0.2, 0) is 75.3 Å². The van der Waals surface area contributed by atoms with Gasteiger partial charge in [0, 0.05) is 53.8 Å². The number of benzene rings is 2. The quantitative estimate of drug-likeness (QED) is 0.0525. The lowest BCUT2D eigenvalue weighted by Gasteiger charge is -2.06. The average Bonchev–Trinajstić information content (AvgIpc) is 3.21. The van der Waals surface area contributed by atoms with E-state index in [9.17, 15) is 43.2 Å². The highest BCUT2D eigenvalue weighted by Crippen LogP contribution is 2.04. The first-order valence-electron chi connectivity index (χ1n) is 18.0. The predicted molar refractivity (Wildman–Crippen MR) is 209 cm³/mol. The van der Waals surface area contributed by atoms with Crippen molar-refractivity contribution in [2.24, 2.45) is 0 Å². The second-order valence-electron chi connectivity index (χ2n) is 11.3. The number of rotatable bonds is 21. The van der Waals surface area contributed by atoms with Gasteiger partial charge in [-0.15, -0.1) is 0 Å². The summed E-state index contributed by atoms with van der Waals surface area (Å²) in [7, 11) is 1.00. The standard InChI is InChI=1S/C15H19NO5.C11H14O3.C8H13NO5.C4H7NO3.CH4O/c1-12(17)16-10-15(19)20-9-5-8-14(18)21-11-13-6-3-2-4-7-13;12-8-4-7-11(13)14-9-10-5-2-1-3-6-10;1-6(10)9-5-8(13)14-4-2-3-7(11)12;1-3(6)5-2-4(7)8;1-2/h2-4,6-7H,5,8-11H2,1H3,(H,16,17);1-3,5-6,12H,4,7-9H2;2-5H2,1H3,(H,9,10)(H,11,12);2H2,1H3,(H,5,6)(H,7,8);2H,1H3. The molecule has 7 N–H and O–H groups in total. The largest absolute Gasteiger partial charge is 0.481 e. The first kappa shape index (κ1) is 56.9. The lowest BCUT2D eigenvalue weighted by Crippen LogP contribution is -2.28. The van der Waals surface area contributed by atoms with Crippen LogP contribution in [0.3, 0.4) is 0 Å². The molecule has 20 nitrogen and oxygen atoms in total. The Bertz CT molecular complexity index is 1490. The molecule has 0 saturated heterocycles. The van der Waals surface area contributed by atoms with Gasteiger partial charge in [-0.1, -0.05) is 60.7 Å². The highest BCUT2D eigenvalue weighted by Gasteiger charge is 2.07. The second kappa shape index (κ2) is 39.8. The summed E-state index contributed by atoms with van der Waals surface area (Å²) in [5, 5.41) is 38.4. The first-order valence-corrected chi connectivity index (χ1v) is 18.0. The summed E-state index contributed by atoms with van der Waals surface area (Å²) in [5.74, 6) is -4.58. The zero-order valence-electron chi connectivity index (χ0n) is 33.8. The van der Waals surface area contributed by atoms with Crippen molar-refractivity contribution < 1.29 is 82.5 Å². The lowest BCUT2D eigenvalue weighted by molar-refractivity contribution is -0.148. The molecule has 0 fully saturated rings. The highest BCUT2D eigenvalue weighted by molar-refractivity contribution is 5.81. The highest BCUT2D eigenvalue weighted by atomic mass is 16.5. The minimum Gasteiger partial charge on any atom is -0.481 e. The Labute approximate surface area is 342 Å². The van der Waals surface area contributed by atoms with E-state index in [4.69, 9.17) is 34.6 Å². The molecule has 59 heavy (non-hydrogen) atoms. The Balaban J connectivity index is -0.000000732. The van der Waals surface area contributed by atoms with Gasteiger partial charge in [-0.05, 0) is 30.4 Å². The number of aliphatic carboxylic acids is 2. The fourth-order valence-electron chi connectivity index (χ4n) is 3.35. The van der Waals surface area contributed by atoms with Crippen molar-refractivity contribution in [2.75, 3.05) is 46.6 Å². The maximum atomic E-state index is 11.5. The van der Waals surface area contributed by atoms with Crippen molar-refractivity contribution in [3.63, 3.8) is 0 Å². The van der Waals surface area contributed by atoms with Gasteiger partial charge in [0.05, 0.1) is 13.2 Å². The van der Waals surface area contributed by atoms with Crippen LogP contribution in [0.5, 0.6) is 0 Å². The van der Waals surface area contributed by atoms with Gasteiger partial charge in [0.1, 0.15) is 32.8 Å². The van der Waals surface area contributed by atoms with E-state index in [0.29, 0.717) is 19.4 Å². The Morgan fingerprint density at radius 2 is 0.831 bits per heavy atom. The molecule has 0 atom stereocenters. The summed E-state index contributed by atoms with van der Waals surface area (Å²) >= 11 is 0.